The van der Waals surface area contributed by atoms with Crippen LogP contribution in [0.4, 0.5) is 0 Å². The van der Waals surface area contributed by atoms with E-state index in [4.69, 9.17) is 4.74 Å². The summed E-state index contributed by atoms with van der Waals surface area (Å²) in [6, 6.07) is 0. The molecule has 4 atom stereocenters. The fourth-order valence-electron chi connectivity index (χ4n) is 3.06. The fraction of sp³-hybridized carbons (Fsp3) is 0.846. The minimum atomic E-state index is -0.154. The van der Waals surface area contributed by atoms with Gasteiger partial charge >= 0.3 is 0 Å². The van der Waals surface area contributed by atoms with Gasteiger partial charge < -0.3 is 9.84 Å². The van der Waals surface area contributed by atoms with E-state index < -0.39 is 0 Å². The van der Waals surface area contributed by atoms with Crippen LogP contribution < -0.4 is 0 Å². The molecule has 0 saturated carbocycles. The van der Waals surface area contributed by atoms with Gasteiger partial charge in [-0.05, 0) is 38.0 Å². The van der Waals surface area contributed by atoms with Crippen LogP contribution in [-0.2, 0) is 4.74 Å². The van der Waals surface area contributed by atoms with Crippen LogP contribution in [0.3, 0.4) is 0 Å². The molecule has 4 unspecified atom stereocenters. The first kappa shape index (κ1) is 11.2. The zero-order valence-electron chi connectivity index (χ0n) is 9.78. The first-order chi connectivity index (χ1) is 7.16. The van der Waals surface area contributed by atoms with E-state index in [0.717, 1.165) is 32.5 Å². The Morgan fingerprint density at radius 2 is 2.27 bits per heavy atom. The van der Waals surface area contributed by atoms with Crippen molar-refractivity contribution in [2.45, 2.75) is 39.2 Å². The summed E-state index contributed by atoms with van der Waals surface area (Å²) in [5.41, 5.74) is 1.44. The topological polar surface area (TPSA) is 29.5 Å². The van der Waals surface area contributed by atoms with E-state index in [1.165, 1.54) is 5.57 Å². The molecule has 86 valence electrons. The van der Waals surface area contributed by atoms with E-state index in [1.54, 1.807) is 0 Å². The standard InChI is InChI=1S/C13H22O2/c1-9-5-10(2)7-12(6-9)13(14)11-3-4-15-8-11/h5,9,11-14H,3-4,6-8H2,1-2H3. The molecule has 2 aliphatic rings. The van der Waals surface area contributed by atoms with Gasteiger partial charge in [-0.2, -0.15) is 0 Å². The Labute approximate surface area is 92.3 Å². The first-order valence-corrected chi connectivity index (χ1v) is 6.10. The van der Waals surface area contributed by atoms with Crippen LogP contribution in [-0.4, -0.2) is 24.4 Å². The molecule has 2 nitrogen and oxygen atoms in total. The van der Waals surface area contributed by atoms with Crippen LogP contribution in [0, 0.1) is 17.8 Å². The Morgan fingerprint density at radius 3 is 2.87 bits per heavy atom. The molecule has 0 radical (unpaired) electrons. The molecule has 1 fully saturated rings. The van der Waals surface area contributed by atoms with Crippen LogP contribution in [0.1, 0.15) is 33.1 Å². The molecule has 0 aromatic carbocycles. The maximum absolute atomic E-state index is 10.3. The Balaban J connectivity index is 1.95. The van der Waals surface area contributed by atoms with Crippen molar-refractivity contribution >= 4 is 0 Å². The van der Waals surface area contributed by atoms with Gasteiger partial charge in [0.05, 0.1) is 12.7 Å². The number of ether oxygens (including phenoxy) is 1. The van der Waals surface area contributed by atoms with Gasteiger partial charge in [-0.1, -0.05) is 18.6 Å². The average molecular weight is 210 g/mol. The number of aliphatic hydroxyl groups excluding tert-OH is 1. The van der Waals surface area contributed by atoms with Crippen molar-refractivity contribution in [1.82, 2.24) is 0 Å². The molecule has 1 heterocycles. The van der Waals surface area contributed by atoms with Gasteiger partial charge in [-0.15, -0.1) is 0 Å². The first-order valence-electron chi connectivity index (χ1n) is 6.10. The predicted octanol–water partition coefficient (Wildman–Crippen LogP) is 2.38. The molecule has 0 spiro atoms. The van der Waals surface area contributed by atoms with Crippen molar-refractivity contribution in [3.05, 3.63) is 11.6 Å². The second kappa shape index (κ2) is 4.67. The summed E-state index contributed by atoms with van der Waals surface area (Å²) in [6.07, 6.45) is 5.43. The summed E-state index contributed by atoms with van der Waals surface area (Å²) in [5, 5.41) is 10.3. The normalized spacial score (nSPS) is 38.9. The molecule has 0 bridgehead atoms. The Hall–Kier alpha value is -0.340. The molecule has 0 amide bonds. The third-order valence-corrected chi connectivity index (χ3v) is 3.76. The maximum Gasteiger partial charge on any atom is 0.0622 e. The highest BCUT2D eigenvalue weighted by molar-refractivity contribution is 5.07. The molecule has 1 aliphatic carbocycles. The largest absolute Gasteiger partial charge is 0.392 e. The minimum absolute atomic E-state index is 0.154. The van der Waals surface area contributed by atoms with Crippen molar-refractivity contribution in [3.63, 3.8) is 0 Å². The highest BCUT2D eigenvalue weighted by Gasteiger charge is 2.32. The Kier molecular flexibility index (Phi) is 3.47. The highest BCUT2D eigenvalue weighted by atomic mass is 16.5. The summed E-state index contributed by atoms with van der Waals surface area (Å²) < 4.78 is 5.35. The number of allylic oxidation sites excluding steroid dienone is 2. The van der Waals surface area contributed by atoms with Gasteiger partial charge in [-0.3, -0.25) is 0 Å². The fourth-order valence-corrected chi connectivity index (χ4v) is 3.06. The van der Waals surface area contributed by atoms with E-state index in [1.807, 2.05) is 0 Å². The lowest BCUT2D eigenvalue weighted by atomic mass is 9.77. The molecular weight excluding hydrogens is 188 g/mol. The van der Waals surface area contributed by atoms with E-state index in [-0.39, 0.29) is 6.10 Å². The van der Waals surface area contributed by atoms with Crippen LogP contribution in [0.5, 0.6) is 0 Å². The zero-order chi connectivity index (χ0) is 10.8. The third kappa shape index (κ3) is 2.61. The molecule has 0 aromatic rings. The zero-order valence-corrected chi connectivity index (χ0v) is 9.78. The van der Waals surface area contributed by atoms with Crippen LogP contribution in [0.25, 0.3) is 0 Å². The Morgan fingerprint density at radius 1 is 1.47 bits per heavy atom. The lowest BCUT2D eigenvalue weighted by Gasteiger charge is -2.32. The smallest absolute Gasteiger partial charge is 0.0622 e. The summed E-state index contributed by atoms with van der Waals surface area (Å²) in [7, 11) is 0. The molecule has 15 heavy (non-hydrogen) atoms. The Bertz CT molecular complexity index is 241. The predicted molar refractivity (Wildman–Crippen MR) is 60.6 cm³/mol. The molecular formula is C13H22O2. The number of aliphatic hydroxyl groups is 1. The molecule has 1 saturated heterocycles. The molecule has 1 aliphatic heterocycles. The maximum atomic E-state index is 10.3. The quantitative estimate of drug-likeness (QED) is 0.709. The third-order valence-electron chi connectivity index (χ3n) is 3.76. The van der Waals surface area contributed by atoms with Gasteiger partial charge in [0, 0.05) is 12.5 Å². The summed E-state index contributed by atoms with van der Waals surface area (Å²) >= 11 is 0. The second-order valence-electron chi connectivity index (χ2n) is 5.30. The van der Waals surface area contributed by atoms with Gasteiger partial charge in [0.1, 0.15) is 0 Å². The van der Waals surface area contributed by atoms with E-state index in [2.05, 4.69) is 19.9 Å². The summed E-state index contributed by atoms with van der Waals surface area (Å²) in [5.74, 6) is 1.46. The SMILES string of the molecule is CC1=CC(C)CC(C(O)C2CCOC2)C1. The lowest BCUT2D eigenvalue weighted by molar-refractivity contribution is 0.0335. The van der Waals surface area contributed by atoms with Crippen LogP contribution >= 0.6 is 0 Å². The average Bonchev–Trinajstić information content (AvgIpc) is 2.67. The van der Waals surface area contributed by atoms with E-state index >= 15 is 0 Å². The molecule has 1 N–H and O–H groups in total. The van der Waals surface area contributed by atoms with Gasteiger partial charge in [0.2, 0.25) is 0 Å². The van der Waals surface area contributed by atoms with E-state index in [9.17, 15) is 5.11 Å². The van der Waals surface area contributed by atoms with Crippen molar-refractivity contribution < 1.29 is 9.84 Å². The van der Waals surface area contributed by atoms with Crippen LogP contribution in [0.15, 0.2) is 11.6 Å². The van der Waals surface area contributed by atoms with Crippen molar-refractivity contribution in [2.75, 3.05) is 13.2 Å². The van der Waals surface area contributed by atoms with Crippen LogP contribution in [0.2, 0.25) is 0 Å². The van der Waals surface area contributed by atoms with Gasteiger partial charge in [0.15, 0.2) is 0 Å². The highest BCUT2D eigenvalue weighted by Crippen LogP contribution is 2.34. The lowest BCUT2D eigenvalue weighted by Crippen LogP contribution is -2.32. The number of hydrogen-bond acceptors (Lipinski definition) is 2. The van der Waals surface area contributed by atoms with Crippen molar-refractivity contribution in [1.29, 1.82) is 0 Å². The minimum Gasteiger partial charge on any atom is -0.392 e. The van der Waals surface area contributed by atoms with Crippen molar-refractivity contribution in [3.8, 4) is 0 Å². The second-order valence-corrected chi connectivity index (χ2v) is 5.30. The monoisotopic (exact) mass is 210 g/mol. The van der Waals surface area contributed by atoms with Gasteiger partial charge in [0.25, 0.3) is 0 Å². The number of hydrogen-bond donors (Lipinski definition) is 1. The summed E-state index contributed by atoms with van der Waals surface area (Å²) in [4.78, 5) is 0. The number of rotatable bonds is 2. The molecule has 2 heteroatoms. The van der Waals surface area contributed by atoms with Gasteiger partial charge in [-0.25, -0.2) is 0 Å². The molecule has 0 aromatic heterocycles. The summed E-state index contributed by atoms with van der Waals surface area (Å²) in [6.45, 7) is 6.02. The van der Waals surface area contributed by atoms with E-state index in [0.29, 0.717) is 17.8 Å². The van der Waals surface area contributed by atoms with Crippen molar-refractivity contribution in [2.24, 2.45) is 17.8 Å². The molecule has 2 rings (SSSR count).